The van der Waals surface area contributed by atoms with E-state index in [0.29, 0.717) is 5.69 Å². The van der Waals surface area contributed by atoms with Crippen molar-refractivity contribution in [3.05, 3.63) is 24.0 Å². The molecule has 0 unspecified atom stereocenters. The van der Waals surface area contributed by atoms with Gasteiger partial charge in [-0.1, -0.05) is 0 Å². The number of carbonyl (C=O) groups excluding carboxylic acids is 1. The molecule has 0 aliphatic carbocycles. The maximum absolute atomic E-state index is 10.2. The van der Waals surface area contributed by atoms with E-state index >= 15 is 0 Å². The molecule has 0 atom stereocenters. The zero-order chi connectivity index (χ0) is 5.98. The third-order valence-electron chi connectivity index (χ3n) is 0.810. The van der Waals surface area contributed by atoms with Crippen LogP contribution in [0.3, 0.4) is 0 Å². The second kappa shape index (κ2) is 2.01. The second-order valence-electron chi connectivity index (χ2n) is 1.36. The smallest absolute Gasteiger partial charge is 0.358 e. The number of hydrogen-bond donors (Lipinski definition) is 1. The molecular formula is C5H5ClNO+. The van der Waals surface area contributed by atoms with E-state index in [1.807, 2.05) is 0 Å². The predicted molar refractivity (Wildman–Crippen MR) is 32.1 cm³/mol. The third-order valence-corrected chi connectivity index (χ3v) is 1.01. The van der Waals surface area contributed by atoms with Gasteiger partial charge in [0.2, 0.25) is 0 Å². The Kier molecular flexibility index (Phi) is 1.35. The molecule has 1 heterocycles. The number of aromatic amines is 1. The molecule has 8 heavy (non-hydrogen) atoms. The lowest BCUT2D eigenvalue weighted by atomic mass is 10.5. The molecule has 0 fully saturated rings. The first kappa shape index (κ1) is 5.38. The Labute approximate surface area is 53.0 Å². The second-order valence-corrected chi connectivity index (χ2v) is 1.70. The Hall–Kier alpha value is -0.760. The van der Waals surface area contributed by atoms with Gasteiger partial charge in [-0.2, -0.15) is 0 Å². The molecule has 1 N–H and O–H groups in total. The number of H-pyrrole nitrogens is 1. The van der Waals surface area contributed by atoms with Crippen LogP contribution in [0.1, 0.15) is 11.9 Å². The van der Waals surface area contributed by atoms with Crippen molar-refractivity contribution in [2.75, 3.05) is 0 Å². The summed E-state index contributed by atoms with van der Waals surface area (Å²) in [6.45, 7) is 0. The lowest BCUT2D eigenvalue weighted by molar-refractivity contribution is 0.107. The molecule has 0 spiro atoms. The van der Waals surface area contributed by atoms with Gasteiger partial charge < -0.3 is 4.98 Å². The predicted octanol–water partition coefficient (Wildman–Crippen LogP) is 1.51. The molecule has 0 aliphatic rings. The van der Waals surface area contributed by atoms with Gasteiger partial charge in [0.1, 0.15) is 0 Å². The van der Waals surface area contributed by atoms with Crippen LogP contribution in [-0.2, 0) is 0 Å². The van der Waals surface area contributed by atoms with Crippen molar-refractivity contribution in [3.63, 3.8) is 0 Å². The number of halogens is 1. The van der Waals surface area contributed by atoms with Crippen molar-refractivity contribution in [2.45, 2.75) is 0 Å². The monoisotopic (exact) mass is 130 g/mol. The maximum atomic E-state index is 10.2. The minimum absolute atomic E-state index is 0. The SMILES string of the molecule is O=C(Cl)c1ccc[nH]1.[H+]. The summed E-state index contributed by atoms with van der Waals surface area (Å²) >= 11 is 5.07. The molecule has 1 aromatic rings. The van der Waals surface area contributed by atoms with Crippen molar-refractivity contribution >= 4 is 16.8 Å². The quantitative estimate of drug-likeness (QED) is 0.575. The topological polar surface area (TPSA) is 32.9 Å². The molecule has 0 amide bonds. The molecular weight excluding hydrogens is 126 g/mol. The number of aromatic nitrogens is 1. The third kappa shape index (κ3) is 0.898. The van der Waals surface area contributed by atoms with E-state index in [-0.39, 0.29) is 1.43 Å². The summed E-state index contributed by atoms with van der Waals surface area (Å²) in [5.74, 6) is 0. The lowest BCUT2D eigenvalue weighted by Gasteiger charge is -1.79. The molecule has 1 aromatic heterocycles. The van der Waals surface area contributed by atoms with E-state index in [9.17, 15) is 4.79 Å². The zero-order valence-electron chi connectivity index (χ0n) is 5.02. The Bertz CT molecular complexity index is 185. The first-order chi connectivity index (χ1) is 3.80. The lowest BCUT2D eigenvalue weighted by Crippen LogP contribution is -1.85. The highest BCUT2D eigenvalue weighted by Crippen LogP contribution is 1.97. The highest BCUT2D eigenvalue weighted by atomic mass is 35.5. The van der Waals surface area contributed by atoms with Crippen LogP contribution in [0.4, 0.5) is 0 Å². The minimum atomic E-state index is -0.449. The van der Waals surface area contributed by atoms with E-state index in [0.717, 1.165) is 0 Å². The molecule has 0 aliphatic heterocycles. The highest BCUT2D eigenvalue weighted by Gasteiger charge is 1.97. The largest absolute Gasteiger partial charge is 1.00 e. The van der Waals surface area contributed by atoms with E-state index < -0.39 is 5.24 Å². The Balaban J connectivity index is 0.000000640. The molecule has 42 valence electrons. The number of carbonyl (C=O) groups is 1. The maximum Gasteiger partial charge on any atom is 1.00 e. The summed E-state index contributed by atoms with van der Waals surface area (Å²) in [6.07, 6.45) is 1.65. The minimum Gasteiger partial charge on any atom is -0.358 e. The average molecular weight is 131 g/mol. The van der Waals surface area contributed by atoms with Crippen molar-refractivity contribution in [1.82, 2.24) is 4.98 Å². The molecule has 0 aromatic carbocycles. The first-order valence-corrected chi connectivity index (χ1v) is 2.52. The van der Waals surface area contributed by atoms with Gasteiger partial charge in [-0.3, -0.25) is 4.79 Å². The normalized spacial score (nSPS) is 9.12. The van der Waals surface area contributed by atoms with Crippen LogP contribution in [0.15, 0.2) is 18.3 Å². The van der Waals surface area contributed by atoms with Gasteiger partial charge in [0, 0.05) is 6.20 Å². The molecule has 2 nitrogen and oxygen atoms in total. The van der Waals surface area contributed by atoms with Crippen molar-refractivity contribution in [3.8, 4) is 0 Å². The first-order valence-electron chi connectivity index (χ1n) is 2.14. The fraction of sp³-hybridized carbons (Fsp3) is 0. The Morgan fingerprint density at radius 1 is 1.88 bits per heavy atom. The highest BCUT2D eigenvalue weighted by molar-refractivity contribution is 6.67. The summed E-state index contributed by atoms with van der Waals surface area (Å²) in [5.41, 5.74) is 0.437. The fourth-order valence-corrected chi connectivity index (χ4v) is 0.570. The summed E-state index contributed by atoms with van der Waals surface area (Å²) in [7, 11) is 0. The van der Waals surface area contributed by atoms with Crippen LogP contribution < -0.4 is 0 Å². The molecule has 3 heteroatoms. The molecule has 0 saturated heterocycles. The molecule has 1 rings (SSSR count). The summed E-state index contributed by atoms with van der Waals surface area (Å²) < 4.78 is 0. The van der Waals surface area contributed by atoms with Gasteiger partial charge in [0.15, 0.2) is 0 Å². The summed E-state index contributed by atoms with van der Waals surface area (Å²) in [6, 6.07) is 3.34. The van der Waals surface area contributed by atoms with Crippen LogP contribution in [0.5, 0.6) is 0 Å². The molecule has 0 saturated carbocycles. The van der Waals surface area contributed by atoms with Crippen LogP contribution in [0.25, 0.3) is 0 Å². The van der Waals surface area contributed by atoms with Crippen LogP contribution in [0.2, 0.25) is 0 Å². The zero-order valence-corrected chi connectivity index (χ0v) is 4.77. The van der Waals surface area contributed by atoms with Crippen molar-refractivity contribution in [2.24, 2.45) is 0 Å². The Morgan fingerprint density at radius 3 is 2.88 bits per heavy atom. The van der Waals surface area contributed by atoms with Crippen LogP contribution >= 0.6 is 11.6 Å². The van der Waals surface area contributed by atoms with Crippen molar-refractivity contribution in [1.29, 1.82) is 0 Å². The van der Waals surface area contributed by atoms with E-state index in [2.05, 4.69) is 4.98 Å². The van der Waals surface area contributed by atoms with Gasteiger partial charge in [0.25, 0.3) is 5.24 Å². The van der Waals surface area contributed by atoms with Gasteiger partial charge in [-0.25, -0.2) is 0 Å². The Morgan fingerprint density at radius 2 is 2.62 bits per heavy atom. The van der Waals surface area contributed by atoms with Gasteiger partial charge in [-0.05, 0) is 23.7 Å². The fourth-order valence-electron chi connectivity index (χ4n) is 0.453. The van der Waals surface area contributed by atoms with E-state index in [1.165, 1.54) is 0 Å². The van der Waals surface area contributed by atoms with Gasteiger partial charge >= 0.3 is 1.43 Å². The summed E-state index contributed by atoms with van der Waals surface area (Å²) in [4.78, 5) is 12.9. The standard InChI is InChI=1S/C5H4ClNO/c6-5(8)4-2-1-3-7-4/h1-3,7H/p+1. The molecule has 0 radical (unpaired) electrons. The van der Waals surface area contributed by atoms with Crippen LogP contribution in [-0.4, -0.2) is 10.2 Å². The van der Waals surface area contributed by atoms with Gasteiger partial charge in [0.05, 0.1) is 5.69 Å². The number of hydrogen-bond acceptors (Lipinski definition) is 1. The van der Waals surface area contributed by atoms with Crippen molar-refractivity contribution < 1.29 is 6.22 Å². The number of nitrogens with one attached hydrogen (secondary N) is 1. The number of rotatable bonds is 1. The van der Waals surface area contributed by atoms with Crippen LogP contribution in [0, 0.1) is 0 Å². The van der Waals surface area contributed by atoms with Gasteiger partial charge in [-0.15, -0.1) is 0 Å². The van der Waals surface area contributed by atoms with E-state index in [1.54, 1.807) is 18.3 Å². The molecule has 0 bridgehead atoms. The average Bonchev–Trinajstić information content (AvgIpc) is 2.12. The van der Waals surface area contributed by atoms with E-state index in [4.69, 9.17) is 11.6 Å². The summed E-state index contributed by atoms with van der Waals surface area (Å²) in [5, 5.41) is -0.449.